The molecule has 2 aliphatic rings. The molecule has 23 heavy (non-hydrogen) atoms. The van der Waals surface area contributed by atoms with Crippen molar-refractivity contribution in [3.05, 3.63) is 46.1 Å². The fraction of sp³-hybridized carbons (Fsp3) is 0.353. The average molecular weight is 327 g/mol. The summed E-state index contributed by atoms with van der Waals surface area (Å²) < 4.78 is 0. The van der Waals surface area contributed by atoms with Gasteiger partial charge in [-0.05, 0) is 49.8 Å². The van der Waals surface area contributed by atoms with Gasteiger partial charge < -0.3 is 10.6 Å². The standard InChI is InChI=1S/C17H17N3O2S/c21-15(10-3-2-8-18-9-10)20-17-14(16(22)19-11-6-7-11)12-4-1-5-13(12)23-17/h2-3,8-9,11H,1,4-7H2,(H,19,22)(H,20,21). The van der Waals surface area contributed by atoms with Crippen molar-refractivity contribution >= 4 is 28.2 Å². The topological polar surface area (TPSA) is 71.1 Å². The fourth-order valence-corrected chi connectivity index (χ4v) is 4.17. The first-order valence-electron chi connectivity index (χ1n) is 7.89. The smallest absolute Gasteiger partial charge is 0.257 e. The maximum absolute atomic E-state index is 12.6. The second-order valence-corrected chi connectivity index (χ2v) is 7.11. The summed E-state index contributed by atoms with van der Waals surface area (Å²) in [5.41, 5.74) is 2.29. The van der Waals surface area contributed by atoms with Gasteiger partial charge in [-0.25, -0.2) is 0 Å². The predicted octanol–water partition coefficient (Wildman–Crippen LogP) is 2.78. The number of nitrogens with zero attached hydrogens (tertiary/aromatic N) is 1. The van der Waals surface area contributed by atoms with Crippen molar-refractivity contribution in [1.29, 1.82) is 0 Å². The molecule has 2 aliphatic carbocycles. The number of carbonyl (C=O) groups is 2. The number of carbonyl (C=O) groups excluding carboxylic acids is 2. The van der Waals surface area contributed by atoms with E-state index >= 15 is 0 Å². The molecule has 2 N–H and O–H groups in total. The monoisotopic (exact) mass is 327 g/mol. The third-order valence-corrected chi connectivity index (χ3v) is 5.42. The molecule has 0 saturated heterocycles. The summed E-state index contributed by atoms with van der Waals surface area (Å²) in [6, 6.07) is 3.75. The number of aryl methyl sites for hydroxylation is 1. The number of nitrogens with one attached hydrogen (secondary N) is 2. The van der Waals surface area contributed by atoms with Crippen LogP contribution in [0.2, 0.25) is 0 Å². The third kappa shape index (κ3) is 2.86. The van der Waals surface area contributed by atoms with Crippen LogP contribution in [0.15, 0.2) is 24.5 Å². The second-order valence-electron chi connectivity index (χ2n) is 6.01. The fourth-order valence-electron chi connectivity index (χ4n) is 2.89. The summed E-state index contributed by atoms with van der Waals surface area (Å²) in [5, 5.41) is 6.62. The molecule has 2 heterocycles. The molecule has 0 bridgehead atoms. The number of hydrogen-bond acceptors (Lipinski definition) is 4. The van der Waals surface area contributed by atoms with Crippen molar-refractivity contribution < 1.29 is 9.59 Å². The Morgan fingerprint density at radius 3 is 2.83 bits per heavy atom. The molecule has 0 aliphatic heterocycles. The van der Waals surface area contributed by atoms with Gasteiger partial charge in [0.15, 0.2) is 0 Å². The zero-order valence-corrected chi connectivity index (χ0v) is 13.4. The van der Waals surface area contributed by atoms with E-state index in [1.165, 1.54) is 22.4 Å². The average Bonchev–Trinajstić information content (AvgIpc) is 3.14. The second kappa shape index (κ2) is 5.77. The van der Waals surface area contributed by atoms with Crippen molar-refractivity contribution in [2.75, 3.05) is 5.32 Å². The van der Waals surface area contributed by atoms with Crippen molar-refractivity contribution in [1.82, 2.24) is 10.3 Å². The summed E-state index contributed by atoms with van der Waals surface area (Å²) >= 11 is 1.53. The van der Waals surface area contributed by atoms with Crippen molar-refractivity contribution in [3.8, 4) is 0 Å². The van der Waals surface area contributed by atoms with E-state index < -0.39 is 0 Å². The number of thiophene rings is 1. The Morgan fingerprint density at radius 2 is 2.09 bits per heavy atom. The summed E-state index contributed by atoms with van der Waals surface area (Å²) in [4.78, 5) is 30.2. The van der Waals surface area contributed by atoms with E-state index in [4.69, 9.17) is 0 Å². The highest BCUT2D eigenvalue weighted by molar-refractivity contribution is 7.17. The van der Waals surface area contributed by atoms with Crippen LogP contribution in [0.1, 0.15) is 50.4 Å². The number of anilines is 1. The largest absolute Gasteiger partial charge is 0.349 e. The van der Waals surface area contributed by atoms with Gasteiger partial charge in [0.05, 0.1) is 11.1 Å². The maximum atomic E-state index is 12.6. The number of rotatable bonds is 4. The normalized spacial score (nSPS) is 16.0. The number of fused-ring (bicyclic) bond motifs is 1. The molecule has 0 atom stereocenters. The minimum absolute atomic E-state index is 0.0478. The lowest BCUT2D eigenvalue weighted by Gasteiger charge is -2.09. The van der Waals surface area contributed by atoms with Crippen molar-refractivity contribution in [3.63, 3.8) is 0 Å². The molecule has 2 amide bonds. The van der Waals surface area contributed by atoms with Crippen LogP contribution in [0.5, 0.6) is 0 Å². The zero-order valence-electron chi connectivity index (χ0n) is 12.6. The Bertz CT molecular complexity index is 766. The van der Waals surface area contributed by atoms with Crippen LogP contribution in [0, 0.1) is 0 Å². The summed E-state index contributed by atoms with van der Waals surface area (Å²) in [6.07, 6.45) is 8.26. The quantitative estimate of drug-likeness (QED) is 0.907. The highest BCUT2D eigenvalue weighted by Gasteiger charge is 2.31. The highest BCUT2D eigenvalue weighted by Crippen LogP contribution is 2.39. The van der Waals surface area contributed by atoms with Gasteiger partial charge in [0.25, 0.3) is 11.8 Å². The van der Waals surface area contributed by atoms with Crippen LogP contribution in [0.3, 0.4) is 0 Å². The van der Waals surface area contributed by atoms with E-state index in [-0.39, 0.29) is 11.8 Å². The van der Waals surface area contributed by atoms with Gasteiger partial charge >= 0.3 is 0 Å². The molecular formula is C17H17N3O2S. The molecule has 0 aromatic carbocycles. The van der Waals surface area contributed by atoms with Crippen LogP contribution >= 0.6 is 11.3 Å². The first-order valence-corrected chi connectivity index (χ1v) is 8.71. The maximum Gasteiger partial charge on any atom is 0.257 e. The number of amides is 2. The van der Waals surface area contributed by atoms with Gasteiger partial charge in [-0.15, -0.1) is 11.3 Å². The minimum Gasteiger partial charge on any atom is -0.349 e. The lowest BCUT2D eigenvalue weighted by atomic mass is 10.1. The lowest BCUT2D eigenvalue weighted by molar-refractivity contribution is 0.0951. The summed E-state index contributed by atoms with van der Waals surface area (Å²) in [6.45, 7) is 0. The molecule has 118 valence electrons. The van der Waals surface area contributed by atoms with Crippen molar-refractivity contribution in [2.24, 2.45) is 0 Å². The first kappa shape index (κ1) is 14.4. The van der Waals surface area contributed by atoms with Crippen molar-refractivity contribution in [2.45, 2.75) is 38.1 Å². The summed E-state index contributed by atoms with van der Waals surface area (Å²) in [7, 11) is 0. The van der Waals surface area contributed by atoms with Crippen LogP contribution in [0.4, 0.5) is 5.00 Å². The lowest BCUT2D eigenvalue weighted by Crippen LogP contribution is -2.27. The molecular weight excluding hydrogens is 310 g/mol. The van der Waals surface area contributed by atoms with Crippen LogP contribution in [-0.4, -0.2) is 22.8 Å². The Labute approximate surface area is 138 Å². The molecule has 0 unspecified atom stereocenters. The van der Waals surface area contributed by atoms with Gasteiger partial charge in [0.2, 0.25) is 0 Å². The third-order valence-electron chi connectivity index (χ3n) is 4.21. The van der Waals surface area contributed by atoms with E-state index in [2.05, 4.69) is 15.6 Å². The first-order chi connectivity index (χ1) is 11.2. The van der Waals surface area contributed by atoms with Gasteiger partial charge in [-0.3, -0.25) is 14.6 Å². The molecule has 6 heteroatoms. The van der Waals surface area contributed by atoms with Gasteiger partial charge in [0.1, 0.15) is 5.00 Å². The molecule has 5 nitrogen and oxygen atoms in total. The predicted molar refractivity (Wildman–Crippen MR) is 89.0 cm³/mol. The van der Waals surface area contributed by atoms with Gasteiger partial charge in [0, 0.05) is 23.3 Å². The van der Waals surface area contributed by atoms with E-state index in [0.717, 1.165) is 37.7 Å². The molecule has 2 aromatic rings. The Morgan fingerprint density at radius 1 is 1.22 bits per heavy atom. The van der Waals surface area contributed by atoms with E-state index in [1.807, 2.05) is 0 Å². The highest BCUT2D eigenvalue weighted by atomic mass is 32.1. The van der Waals surface area contributed by atoms with E-state index in [0.29, 0.717) is 22.2 Å². The van der Waals surface area contributed by atoms with Crippen LogP contribution in [-0.2, 0) is 12.8 Å². The Kier molecular flexibility index (Phi) is 3.61. The van der Waals surface area contributed by atoms with E-state index in [9.17, 15) is 9.59 Å². The zero-order chi connectivity index (χ0) is 15.8. The van der Waals surface area contributed by atoms with Gasteiger partial charge in [-0.2, -0.15) is 0 Å². The molecule has 4 rings (SSSR count). The molecule has 1 saturated carbocycles. The molecule has 2 aromatic heterocycles. The molecule has 0 spiro atoms. The SMILES string of the molecule is O=C(Nc1sc2c(c1C(=O)NC1CC1)CCC2)c1cccnc1. The molecule has 1 fully saturated rings. The Balaban J connectivity index is 1.62. The van der Waals surface area contributed by atoms with Crippen LogP contribution < -0.4 is 10.6 Å². The van der Waals surface area contributed by atoms with E-state index in [1.54, 1.807) is 18.3 Å². The number of aromatic nitrogens is 1. The number of hydrogen-bond donors (Lipinski definition) is 2. The van der Waals surface area contributed by atoms with Crippen LogP contribution in [0.25, 0.3) is 0 Å². The van der Waals surface area contributed by atoms with Gasteiger partial charge in [-0.1, -0.05) is 0 Å². The Hall–Kier alpha value is -2.21. The minimum atomic E-state index is -0.224. The summed E-state index contributed by atoms with van der Waals surface area (Å²) in [5.74, 6) is -0.271. The number of pyridine rings is 1. The molecule has 0 radical (unpaired) electrons.